The van der Waals surface area contributed by atoms with Gasteiger partial charge in [0.25, 0.3) is 5.91 Å². The van der Waals surface area contributed by atoms with Crippen molar-refractivity contribution in [2.75, 3.05) is 11.9 Å². The van der Waals surface area contributed by atoms with Crippen LogP contribution in [0.5, 0.6) is 0 Å². The first-order valence-electron chi connectivity index (χ1n) is 7.28. The van der Waals surface area contributed by atoms with Crippen molar-refractivity contribution in [2.24, 2.45) is 5.92 Å². The minimum Gasteiger partial charge on any atom is -0.326 e. The summed E-state index contributed by atoms with van der Waals surface area (Å²) >= 11 is 0. The Balaban J connectivity index is 2.03. The smallest absolute Gasteiger partial charge is 0.325 e. The van der Waals surface area contributed by atoms with Crippen LogP contribution in [0, 0.1) is 19.8 Å². The summed E-state index contributed by atoms with van der Waals surface area (Å²) in [5.74, 6) is -0.750. The maximum atomic E-state index is 12.1. The maximum Gasteiger partial charge on any atom is 0.325 e. The third kappa shape index (κ3) is 3.27. The monoisotopic (exact) mass is 303 g/mol. The van der Waals surface area contributed by atoms with Crippen molar-refractivity contribution in [1.82, 2.24) is 10.2 Å². The molecule has 0 radical (unpaired) electrons. The fourth-order valence-corrected chi connectivity index (χ4v) is 2.43. The third-order valence-corrected chi connectivity index (χ3v) is 3.68. The van der Waals surface area contributed by atoms with E-state index in [-0.39, 0.29) is 24.3 Å². The number of aryl methyl sites for hydroxylation is 2. The summed E-state index contributed by atoms with van der Waals surface area (Å²) in [5, 5.41) is 5.34. The molecule has 1 fully saturated rings. The molecule has 0 spiro atoms. The van der Waals surface area contributed by atoms with E-state index in [9.17, 15) is 14.4 Å². The van der Waals surface area contributed by atoms with Gasteiger partial charge in [0.15, 0.2) is 0 Å². The molecular weight excluding hydrogens is 282 g/mol. The van der Waals surface area contributed by atoms with Gasteiger partial charge in [-0.25, -0.2) is 4.79 Å². The van der Waals surface area contributed by atoms with Crippen LogP contribution in [0.1, 0.15) is 25.0 Å². The molecule has 1 aromatic rings. The molecule has 1 aromatic carbocycles. The van der Waals surface area contributed by atoms with E-state index < -0.39 is 12.1 Å². The van der Waals surface area contributed by atoms with Crippen molar-refractivity contribution in [3.63, 3.8) is 0 Å². The number of urea groups is 1. The number of carbonyl (C=O) groups excluding carboxylic acids is 3. The number of nitrogens with zero attached hydrogens (tertiary/aromatic N) is 1. The predicted octanol–water partition coefficient (Wildman–Crippen LogP) is 1.82. The van der Waals surface area contributed by atoms with Crippen LogP contribution in [0.4, 0.5) is 10.5 Å². The summed E-state index contributed by atoms with van der Waals surface area (Å²) in [6.45, 7) is 7.29. The second-order valence-corrected chi connectivity index (χ2v) is 5.96. The van der Waals surface area contributed by atoms with E-state index in [0.717, 1.165) is 16.0 Å². The van der Waals surface area contributed by atoms with Crippen molar-refractivity contribution in [3.8, 4) is 0 Å². The molecule has 0 bridgehead atoms. The van der Waals surface area contributed by atoms with E-state index >= 15 is 0 Å². The lowest BCUT2D eigenvalue weighted by Crippen LogP contribution is -2.39. The molecule has 0 aromatic heterocycles. The third-order valence-electron chi connectivity index (χ3n) is 3.68. The van der Waals surface area contributed by atoms with Gasteiger partial charge in [0.2, 0.25) is 5.91 Å². The molecule has 118 valence electrons. The number of amides is 4. The lowest BCUT2D eigenvalue weighted by Gasteiger charge is -2.15. The van der Waals surface area contributed by atoms with Crippen LogP contribution in [-0.4, -0.2) is 35.3 Å². The van der Waals surface area contributed by atoms with Gasteiger partial charge in [-0.1, -0.05) is 31.5 Å². The molecule has 22 heavy (non-hydrogen) atoms. The molecule has 6 nitrogen and oxygen atoms in total. The summed E-state index contributed by atoms with van der Waals surface area (Å²) in [7, 11) is 0. The average molecular weight is 303 g/mol. The van der Waals surface area contributed by atoms with Crippen molar-refractivity contribution < 1.29 is 14.4 Å². The number of imide groups is 1. The van der Waals surface area contributed by atoms with Gasteiger partial charge in [-0.15, -0.1) is 0 Å². The van der Waals surface area contributed by atoms with Gasteiger partial charge >= 0.3 is 6.03 Å². The number of nitrogens with one attached hydrogen (secondary N) is 2. The number of hydrogen-bond acceptors (Lipinski definition) is 3. The summed E-state index contributed by atoms with van der Waals surface area (Å²) < 4.78 is 0. The fourth-order valence-electron chi connectivity index (χ4n) is 2.43. The highest BCUT2D eigenvalue weighted by Crippen LogP contribution is 2.17. The van der Waals surface area contributed by atoms with Gasteiger partial charge in [0.1, 0.15) is 12.6 Å². The van der Waals surface area contributed by atoms with Gasteiger partial charge in [0.05, 0.1) is 0 Å². The largest absolute Gasteiger partial charge is 0.326 e. The predicted molar refractivity (Wildman–Crippen MR) is 83.4 cm³/mol. The van der Waals surface area contributed by atoms with E-state index in [1.54, 1.807) is 0 Å². The second-order valence-electron chi connectivity index (χ2n) is 5.96. The minimum absolute atomic E-state index is 0.0103. The lowest BCUT2D eigenvalue weighted by molar-refractivity contribution is -0.131. The molecule has 1 heterocycles. The van der Waals surface area contributed by atoms with Crippen LogP contribution in [-0.2, 0) is 9.59 Å². The van der Waals surface area contributed by atoms with E-state index in [4.69, 9.17) is 0 Å². The Bertz CT molecular complexity index is 625. The highest BCUT2D eigenvalue weighted by atomic mass is 16.2. The lowest BCUT2D eigenvalue weighted by atomic mass is 10.1. The molecule has 0 aliphatic carbocycles. The number of benzene rings is 1. The average Bonchev–Trinajstić information content (AvgIpc) is 2.70. The zero-order valence-electron chi connectivity index (χ0n) is 13.3. The molecule has 6 heteroatoms. The summed E-state index contributed by atoms with van der Waals surface area (Å²) in [6, 6.07) is 4.59. The number of carbonyl (C=O) groups is 3. The van der Waals surface area contributed by atoms with Gasteiger partial charge < -0.3 is 10.6 Å². The zero-order chi connectivity index (χ0) is 16.4. The Hall–Kier alpha value is -2.37. The van der Waals surface area contributed by atoms with E-state index in [1.807, 2.05) is 45.9 Å². The Morgan fingerprint density at radius 2 is 2.00 bits per heavy atom. The molecule has 1 aliphatic heterocycles. The van der Waals surface area contributed by atoms with Crippen molar-refractivity contribution in [1.29, 1.82) is 0 Å². The second kappa shape index (κ2) is 6.17. The van der Waals surface area contributed by atoms with Crippen LogP contribution in [0.3, 0.4) is 0 Å². The van der Waals surface area contributed by atoms with Gasteiger partial charge in [-0.3, -0.25) is 14.5 Å². The minimum atomic E-state index is -0.554. The van der Waals surface area contributed by atoms with Gasteiger partial charge in [-0.2, -0.15) is 0 Å². The van der Waals surface area contributed by atoms with E-state index in [2.05, 4.69) is 10.6 Å². The normalized spacial score (nSPS) is 17.9. The molecule has 1 atom stereocenters. The number of anilines is 1. The van der Waals surface area contributed by atoms with Crippen molar-refractivity contribution in [2.45, 2.75) is 33.7 Å². The Labute approximate surface area is 129 Å². The molecule has 1 aliphatic rings. The number of hydrogen-bond donors (Lipinski definition) is 2. The van der Waals surface area contributed by atoms with Crippen LogP contribution in [0.2, 0.25) is 0 Å². The molecule has 1 saturated heterocycles. The summed E-state index contributed by atoms with van der Waals surface area (Å²) in [6.07, 6.45) is 0. The number of rotatable bonds is 4. The zero-order valence-corrected chi connectivity index (χ0v) is 13.3. The summed E-state index contributed by atoms with van der Waals surface area (Å²) in [4.78, 5) is 37.0. The van der Waals surface area contributed by atoms with Gasteiger partial charge in [0, 0.05) is 5.69 Å². The molecular formula is C16H21N3O3. The van der Waals surface area contributed by atoms with Crippen LogP contribution < -0.4 is 10.6 Å². The van der Waals surface area contributed by atoms with Crippen LogP contribution >= 0.6 is 0 Å². The maximum absolute atomic E-state index is 12.1. The first-order valence-corrected chi connectivity index (χ1v) is 7.28. The molecule has 2 N–H and O–H groups in total. The standard InChI is InChI=1S/C16H21N3O3/c1-9(2)14-15(21)19(16(22)18-14)8-13(20)17-12-6-5-10(3)7-11(12)4/h5-7,9,14H,8H2,1-4H3,(H,17,20)(H,18,22). The fraction of sp³-hybridized carbons (Fsp3) is 0.438. The molecule has 2 rings (SSSR count). The SMILES string of the molecule is Cc1ccc(NC(=O)CN2C(=O)NC(C(C)C)C2=O)c(C)c1. The first kappa shape index (κ1) is 16.0. The topological polar surface area (TPSA) is 78.5 Å². The van der Waals surface area contributed by atoms with E-state index in [1.165, 1.54) is 0 Å². The Morgan fingerprint density at radius 3 is 2.55 bits per heavy atom. The summed E-state index contributed by atoms with van der Waals surface area (Å²) in [5.41, 5.74) is 2.72. The van der Waals surface area contributed by atoms with Gasteiger partial charge in [-0.05, 0) is 31.4 Å². The van der Waals surface area contributed by atoms with Crippen LogP contribution in [0.25, 0.3) is 0 Å². The van der Waals surface area contributed by atoms with Crippen LogP contribution in [0.15, 0.2) is 18.2 Å². The quantitative estimate of drug-likeness (QED) is 0.833. The molecule has 4 amide bonds. The Kier molecular flexibility index (Phi) is 4.49. The Morgan fingerprint density at radius 1 is 1.32 bits per heavy atom. The molecule has 0 saturated carbocycles. The van der Waals surface area contributed by atoms with E-state index in [0.29, 0.717) is 5.69 Å². The van der Waals surface area contributed by atoms with Crippen molar-refractivity contribution in [3.05, 3.63) is 29.3 Å². The highest BCUT2D eigenvalue weighted by molar-refractivity contribution is 6.08. The van der Waals surface area contributed by atoms with Crippen molar-refractivity contribution >= 4 is 23.5 Å². The highest BCUT2D eigenvalue weighted by Gasteiger charge is 2.40. The molecule has 1 unspecified atom stereocenters. The first-order chi connectivity index (χ1) is 10.3.